The molecule has 2 heterocycles. The highest BCUT2D eigenvalue weighted by atomic mass is 19.4. The number of imidazole rings is 1. The van der Waals surface area contributed by atoms with Crippen molar-refractivity contribution in [3.63, 3.8) is 0 Å². The second-order valence-corrected chi connectivity index (χ2v) is 4.90. The van der Waals surface area contributed by atoms with Gasteiger partial charge in [0.2, 0.25) is 11.7 Å². The molecule has 0 bridgehead atoms. The van der Waals surface area contributed by atoms with E-state index in [9.17, 15) is 13.2 Å². The van der Waals surface area contributed by atoms with Crippen LogP contribution in [0.25, 0.3) is 11.4 Å². The van der Waals surface area contributed by atoms with Crippen molar-refractivity contribution in [3.8, 4) is 17.1 Å². The fourth-order valence-corrected chi connectivity index (χ4v) is 2.02. The largest absolute Gasteiger partial charge is 0.573 e. The lowest BCUT2D eigenvalue weighted by atomic mass is 10.2. The molecule has 0 saturated carbocycles. The van der Waals surface area contributed by atoms with Crippen LogP contribution in [0, 0.1) is 0 Å². The summed E-state index contributed by atoms with van der Waals surface area (Å²) in [5.41, 5.74) is 7.20. The van der Waals surface area contributed by atoms with E-state index < -0.39 is 12.4 Å². The number of nitrogens with zero attached hydrogens (tertiary/aromatic N) is 3. The Morgan fingerprint density at radius 3 is 2.62 bits per heavy atom. The van der Waals surface area contributed by atoms with Gasteiger partial charge in [0.05, 0.1) is 18.1 Å². The van der Waals surface area contributed by atoms with Gasteiger partial charge in [0.15, 0.2) is 0 Å². The van der Waals surface area contributed by atoms with Gasteiger partial charge < -0.3 is 20.0 Å². The van der Waals surface area contributed by atoms with Crippen LogP contribution < -0.4 is 10.5 Å². The number of ether oxygens (including phenoxy) is 1. The molecule has 126 valence electrons. The van der Waals surface area contributed by atoms with Gasteiger partial charge in [-0.05, 0) is 24.3 Å². The van der Waals surface area contributed by atoms with Gasteiger partial charge in [-0.25, -0.2) is 4.98 Å². The third-order valence-corrected chi connectivity index (χ3v) is 3.09. The van der Waals surface area contributed by atoms with Crippen LogP contribution in [0.3, 0.4) is 0 Å². The Bertz CT molecular complexity index is 784. The lowest BCUT2D eigenvalue weighted by molar-refractivity contribution is -0.274. The third kappa shape index (κ3) is 3.90. The highest BCUT2D eigenvalue weighted by molar-refractivity contribution is 5.55. The summed E-state index contributed by atoms with van der Waals surface area (Å²) in [6.07, 6.45) is -1.09. The minimum atomic E-state index is -4.74. The van der Waals surface area contributed by atoms with Crippen LogP contribution in [0.2, 0.25) is 0 Å². The Kier molecular flexibility index (Phi) is 4.21. The molecule has 0 saturated heterocycles. The average Bonchev–Trinajstić information content (AvgIpc) is 3.17. The minimum absolute atomic E-state index is 0.212. The second kappa shape index (κ2) is 6.32. The predicted molar refractivity (Wildman–Crippen MR) is 75.6 cm³/mol. The number of nitrogens with one attached hydrogen (secondary N) is 1. The monoisotopic (exact) mass is 339 g/mol. The van der Waals surface area contributed by atoms with Crippen LogP contribution in [0.15, 0.2) is 41.3 Å². The first-order valence-corrected chi connectivity index (χ1v) is 6.84. The van der Waals surface area contributed by atoms with Gasteiger partial charge in [0.25, 0.3) is 0 Å². The molecule has 3 aromatic rings. The Hall–Kier alpha value is -2.88. The maximum Gasteiger partial charge on any atom is 0.573 e. The molecule has 2 aromatic heterocycles. The van der Waals surface area contributed by atoms with E-state index in [1.165, 1.54) is 30.6 Å². The maximum absolute atomic E-state index is 12.1. The molecular formula is C14H12F3N5O2. The predicted octanol–water partition coefficient (Wildman–Crippen LogP) is 2.60. The minimum Gasteiger partial charge on any atom is -0.406 e. The Morgan fingerprint density at radius 1 is 1.25 bits per heavy atom. The van der Waals surface area contributed by atoms with Crippen LogP contribution in [0.1, 0.15) is 17.6 Å². The van der Waals surface area contributed by atoms with E-state index in [1.807, 2.05) is 0 Å². The topological polar surface area (TPSA) is 103 Å². The zero-order chi connectivity index (χ0) is 17.2. The van der Waals surface area contributed by atoms with Crippen LogP contribution in [-0.4, -0.2) is 26.5 Å². The SMILES string of the molecule is NC(Cc1c[nH]cn1)c1nc(-c2ccc(OC(F)(F)F)cc2)no1. The highest BCUT2D eigenvalue weighted by Crippen LogP contribution is 2.26. The van der Waals surface area contributed by atoms with Crippen molar-refractivity contribution in [3.05, 3.63) is 48.4 Å². The van der Waals surface area contributed by atoms with Crippen molar-refractivity contribution in [1.29, 1.82) is 0 Å². The van der Waals surface area contributed by atoms with E-state index in [2.05, 4.69) is 24.8 Å². The Labute approximate surface area is 133 Å². The van der Waals surface area contributed by atoms with Crippen molar-refractivity contribution in [2.75, 3.05) is 0 Å². The number of halogens is 3. The molecule has 1 atom stereocenters. The third-order valence-electron chi connectivity index (χ3n) is 3.09. The quantitative estimate of drug-likeness (QED) is 0.741. The van der Waals surface area contributed by atoms with Gasteiger partial charge in [-0.1, -0.05) is 5.16 Å². The van der Waals surface area contributed by atoms with Crippen molar-refractivity contribution in [1.82, 2.24) is 20.1 Å². The fraction of sp³-hybridized carbons (Fsp3) is 0.214. The summed E-state index contributed by atoms with van der Waals surface area (Å²) in [6.45, 7) is 0. The Balaban J connectivity index is 1.71. The summed E-state index contributed by atoms with van der Waals surface area (Å²) in [5, 5.41) is 3.78. The molecule has 0 aliphatic rings. The smallest absolute Gasteiger partial charge is 0.406 e. The molecule has 7 nitrogen and oxygen atoms in total. The van der Waals surface area contributed by atoms with E-state index in [1.54, 1.807) is 6.20 Å². The number of alkyl halides is 3. The molecule has 0 radical (unpaired) electrons. The molecular weight excluding hydrogens is 327 g/mol. The summed E-state index contributed by atoms with van der Waals surface area (Å²) in [6, 6.07) is 4.59. The lowest BCUT2D eigenvalue weighted by Gasteiger charge is -2.08. The molecule has 0 aliphatic carbocycles. The van der Waals surface area contributed by atoms with Crippen LogP contribution in [0.5, 0.6) is 5.75 Å². The van der Waals surface area contributed by atoms with Gasteiger partial charge in [-0.15, -0.1) is 13.2 Å². The number of nitrogens with two attached hydrogens (primary N) is 1. The molecule has 3 N–H and O–H groups in total. The van der Waals surface area contributed by atoms with E-state index in [-0.39, 0.29) is 17.5 Å². The molecule has 24 heavy (non-hydrogen) atoms. The normalized spacial score (nSPS) is 13.0. The lowest BCUT2D eigenvalue weighted by Crippen LogP contribution is -2.16. The van der Waals surface area contributed by atoms with Gasteiger partial charge in [0.1, 0.15) is 5.75 Å². The first kappa shape index (κ1) is 16.0. The zero-order valence-corrected chi connectivity index (χ0v) is 12.1. The number of aromatic amines is 1. The summed E-state index contributed by atoms with van der Waals surface area (Å²) >= 11 is 0. The molecule has 1 unspecified atom stereocenters. The fourth-order valence-electron chi connectivity index (χ4n) is 2.02. The van der Waals surface area contributed by atoms with Crippen molar-refractivity contribution < 1.29 is 22.4 Å². The van der Waals surface area contributed by atoms with E-state index >= 15 is 0 Å². The van der Waals surface area contributed by atoms with Crippen LogP contribution >= 0.6 is 0 Å². The summed E-state index contributed by atoms with van der Waals surface area (Å²) < 4.78 is 45.3. The van der Waals surface area contributed by atoms with Crippen LogP contribution in [-0.2, 0) is 6.42 Å². The molecule has 0 aliphatic heterocycles. The van der Waals surface area contributed by atoms with E-state index in [0.29, 0.717) is 12.0 Å². The van der Waals surface area contributed by atoms with Gasteiger partial charge in [-0.2, -0.15) is 4.98 Å². The summed E-state index contributed by atoms with van der Waals surface area (Å²) in [4.78, 5) is 11.0. The molecule has 0 spiro atoms. The summed E-state index contributed by atoms with van der Waals surface area (Å²) in [5.74, 6) is 0.106. The molecule has 3 rings (SSSR count). The van der Waals surface area contributed by atoms with Gasteiger partial charge in [0, 0.05) is 18.2 Å². The number of hydrogen-bond donors (Lipinski definition) is 2. The Morgan fingerprint density at radius 2 is 2.00 bits per heavy atom. The van der Waals surface area contributed by atoms with Gasteiger partial charge >= 0.3 is 6.36 Å². The van der Waals surface area contributed by atoms with Gasteiger partial charge in [-0.3, -0.25) is 0 Å². The average molecular weight is 339 g/mol. The highest BCUT2D eigenvalue weighted by Gasteiger charge is 2.31. The molecule has 1 aromatic carbocycles. The number of H-pyrrole nitrogens is 1. The number of aromatic nitrogens is 4. The number of rotatable bonds is 5. The molecule has 0 amide bonds. The maximum atomic E-state index is 12.1. The van der Waals surface area contributed by atoms with Crippen molar-refractivity contribution >= 4 is 0 Å². The van der Waals surface area contributed by atoms with E-state index in [0.717, 1.165) is 5.69 Å². The number of hydrogen-bond acceptors (Lipinski definition) is 6. The molecule has 10 heteroatoms. The number of benzene rings is 1. The van der Waals surface area contributed by atoms with Crippen molar-refractivity contribution in [2.45, 2.75) is 18.8 Å². The second-order valence-electron chi connectivity index (χ2n) is 4.90. The van der Waals surface area contributed by atoms with E-state index in [4.69, 9.17) is 10.3 Å². The molecule has 0 fully saturated rings. The van der Waals surface area contributed by atoms with Crippen LogP contribution in [0.4, 0.5) is 13.2 Å². The zero-order valence-electron chi connectivity index (χ0n) is 12.1. The standard InChI is InChI=1S/C14H12F3N5O2/c15-14(16,17)23-10-3-1-8(2-4-10)12-21-13(24-22-12)11(18)5-9-6-19-7-20-9/h1-4,6-7,11H,5,18H2,(H,19,20). The first-order valence-electron chi connectivity index (χ1n) is 6.84. The first-order chi connectivity index (χ1) is 11.4. The summed E-state index contributed by atoms with van der Waals surface area (Å²) in [7, 11) is 0. The van der Waals surface area contributed by atoms with Crippen molar-refractivity contribution in [2.24, 2.45) is 5.73 Å².